The summed E-state index contributed by atoms with van der Waals surface area (Å²) in [6.45, 7) is 0.529. The second-order valence-electron chi connectivity index (χ2n) is 7.87. The average molecular weight is 461 g/mol. The van der Waals surface area contributed by atoms with Gasteiger partial charge in [-0.1, -0.05) is 54.1 Å². The molecule has 6 nitrogen and oxygen atoms in total. The molecule has 4 aromatic rings. The van der Waals surface area contributed by atoms with Crippen LogP contribution in [0.5, 0.6) is 0 Å². The summed E-state index contributed by atoms with van der Waals surface area (Å²) >= 11 is 5.99. The molecule has 33 heavy (non-hydrogen) atoms. The Morgan fingerprint density at radius 2 is 1.76 bits per heavy atom. The maximum absolute atomic E-state index is 13.0. The van der Waals surface area contributed by atoms with Crippen molar-refractivity contribution in [3.05, 3.63) is 101 Å². The predicted octanol–water partition coefficient (Wildman–Crippen LogP) is 4.31. The number of hydrogen-bond acceptors (Lipinski definition) is 3. The third-order valence-electron chi connectivity index (χ3n) is 5.44. The van der Waals surface area contributed by atoms with E-state index in [1.54, 1.807) is 36.7 Å². The molecular formula is C26H25ClN4O2. The maximum Gasteiger partial charge on any atom is 0.252 e. The van der Waals surface area contributed by atoms with Crippen molar-refractivity contribution in [2.24, 2.45) is 0 Å². The second-order valence-corrected chi connectivity index (χ2v) is 8.31. The Hall–Kier alpha value is -3.64. The van der Waals surface area contributed by atoms with Crippen molar-refractivity contribution in [2.45, 2.75) is 25.3 Å². The summed E-state index contributed by atoms with van der Waals surface area (Å²) in [4.78, 5) is 33.1. The molecule has 0 saturated carbocycles. The molecule has 1 atom stereocenters. The zero-order valence-corrected chi connectivity index (χ0v) is 18.8. The number of carbonyl (C=O) groups is 2. The summed E-state index contributed by atoms with van der Waals surface area (Å²) in [6.07, 6.45) is 3.63. The van der Waals surface area contributed by atoms with Gasteiger partial charge in [-0.3, -0.25) is 9.59 Å². The summed E-state index contributed by atoms with van der Waals surface area (Å²) in [5, 5.41) is 6.49. The molecule has 0 bridgehead atoms. The van der Waals surface area contributed by atoms with Crippen molar-refractivity contribution in [1.82, 2.24) is 20.6 Å². The predicted molar refractivity (Wildman–Crippen MR) is 130 cm³/mol. The molecular weight excluding hydrogens is 436 g/mol. The number of imidazole rings is 1. The van der Waals surface area contributed by atoms with Crippen molar-refractivity contribution >= 4 is 34.4 Å². The number of aryl methyl sites for hydroxylation is 1. The number of carbonyl (C=O) groups excluding carboxylic acids is 2. The van der Waals surface area contributed by atoms with Gasteiger partial charge < -0.3 is 15.6 Å². The monoisotopic (exact) mass is 460 g/mol. The zero-order valence-electron chi connectivity index (χ0n) is 18.1. The molecule has 0 fully saturated rings. The minimum Gasteiger partial charge on any atom is -0.354 e. The molecule has 0 aliphatic carbocycles. The highest BCUT2D eigenvalue weighted by molar-refractivity contribution is 6.30. The zero-order chi connectivity index (χ0) is 23.0. The topological polar surface area (TPSA) is 86.9 Å². The smallest absolute Gasteiger partial charge is 0.252 e. The van der Waals surface area contributed by atoms with E-state index in [0.29, 0.717) is 23.6 Å². The molecule has 2 amide bonds. The van der Waals surface area contributed by atoms with Crippen LogP contribution < -0.4 is 10.6 Å². The molecule has 168 valence electrons. The fraction of sp³-hybridized carbons (Fsp3) is 0.192. The Balaban J connectivity index is 1.41. The molecule has 1 aromatic heterocycles. The number of rotatable bonds is 9. The number of aromatic nitrogens is 2. The standard InChI is InChI=1S/C26H25ClN4O2/c27-21-11-8-19(9-12-21)15-24(26(33)28-14-4-7-18-5-2-1-3-6-18)31-25(32)20-10-13-22-23(16-20)30-17-29-22/h1-3,5-6,8-13,16-17,24H,4,7,14-15H2,(H,28,33)(H,29,30)(H,31,32)/t24-/m0/s1. The molecule has 1 heterocycles. The third-order valence-corrected chi connectivity index (χ3v) is 5.69. The fourth-order valence-corrected chi connectivity index (χ4v) is 3.78. The van der Waals surface area contributed by atoms with Gasteiger partial charge in [0.2, 0.25) is 5.91 Å². The van der Waals surface area contributed by atoms with E-state index in [4.69, 9.17) is 11.6 Å². The molecule has 3 aromatic carbocycles. The number of amides is 2. The summed E-state index contributed by atoms with van der Waals surface area (Å²) < 4.78 is 0. The molecule has 0 spiro atoms. The van der Waals surface area contributed by atoms with Crippen LogP contribution in [-0.2, 0) is 17.6 Å². The largest absolute Gasteiger partial charge is 0.354 e. The van der Waals surface area contributed by atoms with Crippen LogP contribution in [-0.4, -0.2) is 34.4 Å². The minimum absolute atomic E-state index is 0.214. The number of nitrogens with zero attached hydrogens (tertiary/aromatic N) is 1. The van der Waals surface area contributed by atoms with E-state index < -0.39 is 6.04 Å². The summed E-state index contributed by atoms with van der Waals surface area (Å²) in [5.41, 5.74) is 4.15. The normalized spacial score (nSPS) is 11.8. The first kappa shape index (κ1) is 22.6. The van der Waals surface area contributed by atoms with E-state index >= 15 is 0 Å². The van der Waals surface area contributed by atoms with Crippen LogP contribution in [0.1, 0.15) is 27.9 Å². The number of benzene rings is 3. The number of halogens is 1. The van der Waals surface area contributed by atoms with Crippen LogP contribution in [0.3, 0.4) is 0 Å². The van der Waals surface area contributed by atoms with Crippen LogP contribution in [0.25, 0.3) is 11.0 Å². The molecule has 0 aliphatic rings. The SMILES string of the molecule is O=C(N[C@@H](Cc1ccc(Cl)cc1)C(=O)NCCCc1ccccc1)c1ccc2nc[nH]c2c1. The highest BCUT2D eigenvalue weighted by Crippen LogP contribution is 2.14. The van der Waals surface area contributed by atoms with Crippen LogP contribution in [0, 0.1) is 0 Å². The second kappa shape index (κ2) is 10.8. The highest BCUT2D eigenvalue weighted by Gasteiger charge is 2.22. The Bertz CT molecular complexity index is 1220. The van der Waals surface area contributed by atoms with Gasteiger partial charge >= 0.3 is 0 Å². The number of H-pyrrole nitrogens is 1. The Kier molecular flexibility index (Phi) is 7.37. The van der Waals surface area contributed by atoms with Gasteiger partial charge in [0.1, 0.15) is 6.04 Å². The van der Waals surface area contributed by atoms with Crippen LogP contribution in [0.4, 0.5) is 0 Å². The third kappa shape index (κ3) is 6.20. The van der Waals surface area contributed by atoms with Gasteiger partial charge in [0.05, 0.1) is 17.4 Å². The lowest BCUT2D eigenvalue weighted by Gasteiger charge is -2.19. The summed E-state index contributed by atoms with van der Waals surface area (Å²) in [5.74, 6) is -0.529. The van der Waals surface area contributed by atoms with Crippen LogP contribution in [0.15, 0.2) is 79.1 Å². The molecule has 0 unspecified atom stereocenters. The van der Waals surface area contributed by atoms with E-state index in [2.05, 4.69) is 32.7 Å². The lowest BCUT2D eigenvalue weighted by Crippen LogP contribution is -2.48. The molecule has 0 saturated heterocycles. The molecule has 3 N–H and O–H groups in total. The summed E-state index contributed by atoms with van der Waals surface area (Å²) in [6, 6.07) is 21.9. The van der Waals surface area contributed by atoms with Crippen molar-refractivity contribution in [3.8, 4) is 0 Å². The lowest BCUT2D eigenvalue weighted by atomic mass is 10.0. The van der Waals surface area contributed by atoms with Gasteiger partial charge in [0.25, 0.3) is 5.91 Å². The van der Waals surface area contributed by atoms with Gasteiger partial charge in [0.15, 0.2) is 0 Å². The minimum atomic E-state index is -0.715. The Morgan fingerprint density at radius 3 is 2.55 bits per heavy atom. The van der Waals surface area contributed by atoms with Crippen molar-refractivity contribution in [2.75, 3.05) is 6.54 Å². The molecule has 0 radical (unpaired) electrons. The number of fused-ring (bicyclic) bond motifs is 1. The number of nitrogens with one attached hydrogen (secondary N) is 3. The van der Waals surface area contributed by atoms with E-state index in [1.165, 1.54) is 5.56 Å². The molecule has 0 aliphatic heterocycles. The maximum atomic E-state index is 13.0. The van der Waals surface area contributed by atoms with Crippen molar-refractivity contribution in [3.63, 3.8) is 0 Å². The van der Waals surface area contributed by atoms with Gasteiger partial charge in [-0.05, 0) is 54.3 Å². The van der Waals surface area contributed by atoms with E-state index in [0.717, 1.165) is 29.4 Å². The van der Waals surface area contributed by atoms with E-state index in [-0.39, 0.29) is 11.8 Å². The highest BCUT2D eigenvalue weighted by atomic mass is 35.5. The Labute approximate surface area is 197 Å². The molecule has 7 heteroatoms. The van der Waals surface area contributed by atoms with Gasteiger partial charge in [-0.2, -0.15) is 0 Å². The van der Waals surface area contributed by atoms with Crippen LogP contribution in [0.2, 0.25) is 5.02 Å². The van der Waals surface area contributed by atoms with E-state index in [1.807, 2.05) is 30.3 Å². The van der Waals surface area contributed by atoms with Gasteiger partial charge in [-0.15, -0.1) is 0 Å². The van der Waals surface area contributed by atoms with Gasteiger partial charge in [-0.25, -0.2) is 4.98 Å². The Morgan fingerprint density at radius 1 is 0.970 bits per heavy atom. The van der Waals surface area contributed by atoms with Crippen LogP contribution >= 0.6 is 11.6 Å². The van der Waals surface area contributed by atoms with E-state index in [9.17, 15) is 9.59 Å². The average Bonchev–Trinajstić information content (AvgIpc) is 3.31. The lowest BCUT2D eigenvalue weighted by molar-refractivity contribution is -0.122. The van der Waals surface area contributed by atoms with Gasteiger partial charge in [0, 0.05) is 23.6 Å². The molecule has 4 rings (SSSR count). The first-order valence-electron chi connectivity index (χ1n) is 10.9. The van der Waals surface area contributed by atoms with Crippen molar-refractivity contribution < 1.29 is 9.59 Å². The fourth-order valence-electron chi connectivity index (χ4n) is 3.66. The van der Waals surface area contributed by atoms with Crippen molar-refractivity contribution in [1.29, 1.82) is 0 Å². The summed E-state index contributed by atoms with van der Waals surface area (Å²) in [7, 11) is 0. The number of hydrogen-bond donors (Lipinski definition) is 3. The first-order valence-corrected chi connectivity index (χ1v) is 11.3. The first-order chi connectivity index (χ1) is 16.1. The quantitative estimate of drug-likeness (QED) is 0.325. The number of aromatic amines is 1.